The molecule has 166 valence electrons. The molecule has 2 N–H and O–H groups in total. The SMILES string of the molecule is Cc1ccc(CNC(=O)NCc2nc(C3CC(=O)N(Cc4ccc(F)cc4)C3)no2)cc1. The van der Waals surface area contributed by atoms with Crippen molar-refractivity contribution in [3.8, 4) is 0 Å². The molecule has 4 rings (SSSR count). The lowest BCUT2D eigenvalue weighted by atomic mass is 10.1. The first-order chi connectivity index (χ1) is 15.5. The van der Waals surface area contributed by atoms with E-state index in [0.29, 0.717) is 25.5 Å². The third-order valence-corrected chi connectivity index (χ3v) is 5.32. The van der Waals surface area contributed by atoms with E-state index in [4.69, 9.17) is 4.52 Å². The summed E-state index contributed by atoms with van der Waals surface area (Å²) in [7, 11) is 0. The van der Waals surface area contributed by atoms with E-state index in [2.05, 4.69) is 20.8 Å². The molecule has 8 nitrogen and oxygen atoms in total. The zero-order valence-corrected chi connectivity index (χ0v) is 17.7. The summed E-state index contributed by atoms with van der Waals surface area (Å²) in [4.78, 5) is 30.4. The van der Waals surface area contributed by atoms with Crippen molar-refractivity contribution in [1.82, 2.24) is 25.7 Å². The lowest BCUT2D eigenvalue weighted by Gasteiger charge is -2.16. The van der Waals surface area contributed by atoms with Gasteiger partial charge >= 0.3 is 6.03 Å². The van der Waals surface area contributed by atoms with Gasteiger partial charge in [0.15, 0.2) is 5.82 Å². The molecule has 1 atom stereocenters. The molecule has 1 unspecified atom stereocenters. The summed E-state index contributed by atoms with van der Waals surface area (Å²) >= 11 is 0. The van der Waals surface area contributed by atoms with Crippen LogP contribution in [0.4, 0.5) is 9.18 Å². The molecule has 0 radical (unpaired) electrons. The number of carbonyl (C=O) groups excluding carboxylic acids is 2. The number of hydrogen-bond acceptors (Lipinski definition) is 5. The maximum absolute atomic E-state index is 13.1. The van der Waals surface area contributed by atoms with Gasteiger partial charge in [-0.1, -0.05) is 47.1 Å². The Morgan fingerprint density at radius 2 is 1.78 bits per heavy atom. The van der Waals surface area contributed by atoms with Crippen LogP contribution in [0.5, 0.6) is 0 Å². The fourth-order valence-electron chi connectivity index (χ4n) is 3.52. The minimum Gasteiger partial charge on any atom is -0.338 e. The number of benzene rings is 2. The van der Waals surface area contributed by atoms with Crippen LogP contribution in [0, 0.1) is 12.7 Å². The summed E-state index contributed by atoms with van der Waals surface area (Å²) in [5.74, 6) is 0.206. The molecule has 1 saturated heterocycles. The average molecular weight is 437 g/mol. The quantitative estimate of drug-likeness (QED) is 0.592. The molecule has 1 aliphatic heterocycles. The summed E-state index contributed by atoms with van der Waals surface area (Å²) < 4.78 is 18.3. The smallest absolute Gasteiger partial charge is 0.315 e. The third kappa shape index (κ3) is 5.48. The Morgan fingerprint density at radius 3 is 2.53 bits per heavy atom. The van der Waals surface area contributed by atoms with Gasteiger partial charge in [-0.25, -0.2) is 9.18 Å². The van der Waals surface area contributed by atoms with Crippen molar-refractivity contribution in [1.29, 1.82) is 0 Å². The van der Waals surface area contributed by atoms with E-state index in [1.807, 2.05) is 31.2 Å². The van der Waals surface area contributed by atoms with Crippen molar-refractivity contribution in [3.63, 3.8) is 0 Å². The lowest BCUT2D eigenvalue weighted by molar-refractivity contribution is -0.128. The Labute approximate surface area is 184 Å². The molecule has 2 heterocycles. The Bertz CT molecular complexity index is 1080. The van der Waals surface area contributed by atoms with Gasteiger partial charge in [-0.3, -0.25) is 4.79 Å². The van der Waals surface area contributed by atoms with Crippen LogP contribution < -0.4 is 10.6 Å². The van der Waals surface area contributed by atoms with Crippen molar-refractivity contribution in [3.05, 3.63) is 82.8 Å². The summed E-state index contributed by atoms with van der Waals surface area (Å²) in [6.45, 7) is 3.37. The van der Waals surface area contributed by atoms with Gasteiger partial charge in [0.25, 0.3) is 0 Å². The highest BCUT2D eigenvalue weighted by Gasteiger charge is 2.33. The first-order valence-corrected chi connectivity index (χ1v) is 10.4. The predicted molar refractivity (Wildman–Crippen MR) is 114 cm³/mol. The summed E-state index contributed by atoms with van der Waals surface area (Å²) in [5, 5.41) is 9.44. The van der Waals surface area contributed by atoms with Crippen LogP contribution >= 0.6 is 0 Å². The van der Waals surface area contributed by atoms with Crippen LogP contribution in [-0.2, 0) is 24.4 Å². The minimum absolute atomic E-state index is 0.0146. The van der Waals surface area contributed by atoms with Gasteiger partial charge in [-0.15, -0.1) is 0 Å². The zero-order valence-electron chi connectivity index (χ0n) is 17.7. The molecule has 3 amide bonds. The highest BCUT2D eigenvalue weighted by atomic mass is 19.1. The van der Waals surface area contributed by atoms with Crippen LogP contribution in [0.15, 0.2) is 53.1 Å². The third-order valence-electron chi connectivity index (χ3n) is 5.32. The summed E-state index contributed by atoms with van der Waals surface area (Å²) in [6.07, 6.45) is 0.282. The maximum atomic E-state index is 13.1. The van der Waals surface area contributed by atoms with E-state index in [9.17, 15) is 14.0 Å². The van der Waals surface area contributed by atoms with Crippen LogP contribution in [0.3, 0.4) is 0 Å². The predicted octanol–water partition coefficient (Wildman–Crippen LogP) is 3.03. The lowest BCUT2D eigenvalue weighted by Crippen LogP contribution is -2.34. The number of rotatable bonds is 7. The van der Waals surface area contributed by atoms with E-state index in [-0.39, 0.29) is 42.5 Å². The number of nitrogens with zero attached hydrogens (tertiary/aromatic N) is 3. The Morgan fingerprint density at radius 1 is 1.09 bits per heavy atom. The highest BCUT2D eigenvalue weighted by Crippen LogP contribution is 2.27. The number of carbonyl (C=O) groups is 2. The number of aryl methyl sites for hydroxylation is 1. The molecular weight excluding hydrogens is 413 g/mol. The van der Waals surface area contributed by atoms with Gasteiger partial charge < -0.3 is 20.1 Å². The van der Waals surface area contributed by atoms with Crippen molar-refractivity contribution < 1.29 is 18.5 Å². The molecule has 32 heavy (non-hydrogen) atoms. The zero-order chi connectivity index (χ0) is 22.5. The highest BCUT2D eigenvalue weighted by molar-refractivity contribution is 5.79. The molecule has 0 spiro atoms. The second-order valence-corrected chi connectivity index (χ2v) is 7.87. The molecule has 1 aliphatic rings. The standard InChI is InChI=1S/C23H24FN5O3/c1-15-2-4-16(5-3-15)11-25-23(31)26-12-20-27-22(28-32-20)18-10-21(30)29(14-18)13-17-6-8-19(24)9-7-17/h2-9,18H,10-14H2,1H3,(H2,25,26,31). The van der Waals surface area contributed by atoms with Crippen molar-refractivity contribution in [2.24, 2.45) is 0 Å². The van der Waals surface area contributed by atoms with E-state index < -0.39 is 0 Å². The van der Waals surface area contributed by atoms with E-state index in [1.54, 1.807) is 17.0 Å². The fourth-order valence-corrected chi connectivity index (χ4v) is 3.52. The second-order valence-electron chi connectivity index (χ2n) is 7.87. The van der Waals surface area contributed by atoms with E-state index in [0.717, 1.165) is 16.7 Å². The number of urea groups is 1. The molecule has 9 heteroatoms. The van der Waals surface area contributed by atoms with Gasteiger partial charge in [0, 0.05) is 32.0 Å². The molecule has 0 aliphatic carbocycles. The molecule has 0 bridgehead atoms. The van der Waals surface area contributed by atoms with Gasteiger partial charge in [-0.05, 0) is 30.2 Å². The van der Waals surface area contributed by atoms with Gasteiger partial charge in [-0.2, -0.15) is 4.98 Å². The number of nitrogens with one attached hydrogen (secondary N) is 2. The Balaban J connectivity index is 1.25. The fraction of sp³-hybridized carbons (Fsp3) is 0.304. The number of likely N-dealkylation sites (tertiary alicyclic amines) is 1. The average Bonchev–Trinajstić information content (AvgIpc) is 3.40. The molecular formula is C23H24FN5O3. The van der Waals surface area contributed by atoms with Gasteiger partial charge in [0.1, 0.15) is 5.82 Å². The van der Waals surface area contributed by atoms with Crippen LogP contribution in [-0.4, -0.2) is 33.5 Å². The molecule has 2 aromatic carbocycles. The van der Waals surface area contributed by atoms with Crippen molar-refractivity contribution in [2.45, 2.75) is 38.9 Å². The Hall–Kier alpha value is -3.75. The van der Waals surface area contributed by atoms with Crippen LogP contribution in [0.25, 0.3) is 0 Å². The van der Waals surface area contributed by atoms with Gasteiger partial charge in [0.2, 0.25) is 11.8 Å². The summed E-state index contributed by atoms with van der Waals surface area (Å²) in [6, 6.07) is 13.6. The monoisotopic (exact) mass is 437 g/mol. The molecule has 0 saturated carbocycles. The van der Waals surface area contributed by atoms with Crippen molar-refractivity contribution >= 4 is 11.9 Å². The first kappa shape index (κ1) is 21.5. The molecule has 1 aromatic heterocycles. The van der Waals surface area contributed by atoms with E-state index >= 15 is 0 Å². The number of amides is 3. The number of hydrogen-bond donors (Lipinski definition) is 2. The largest absolute Gasteiger partial charge is 0.338 e. The minimum atomic E-state index is -0.341. The number of aromatic nitrogens is 2. The van der Waals surface area contributed by atoms with E-state index in [1.165, 1.54) is 12.1 Å². The van der Waals surface area contributed by atoms with Gasteiger partial charge in [0.05, 0.1) is 6.54 Å². The normalized spacial score (nSPS) is 15.8. The number of halogens is 1. The summed E-state index contributed by atoms with van der Waals surface area (Å²) in [5.41, 5.74) is 3.02. The molecule has 1 fully saturated rings. The van der Waals surface area contributed by atoms with Crippen LogP contribution in [0.1, 0.15) is 40.7 Å². The Kier molecular flexibility index (Phi) is 6.44. The topological polar surface area (TPSA) is 100 Å². The first-order valence-electron chi connectivity index (χ1n) is 10.4. The molecule has 3 aromatic rings. The van der Waals surface area contributed by atoms with Crippen molar-refractivity contribution in [2.75, 3.05) is 6.54 Å². The van der Waals surface area contributed by atoms with Crippen LogP contribution in [0.2, 0.25) is 0 Å². The maximum Gasteiger partial charge on any atom is 0.315 e. The second kappa shape index (κ2) is 9.59.